The molecule has 0 radical (unpaired) electrons. The molecule has 2 aliphatic heterocycles. The molecule has 0 bridgehead atoms. The number of aromatic amines is 1. The van der Waals surface area contributed by atoms with Gasteiger partial charge in [-0.1, -0.05) is 12.1 Å². The number of nitrogens with zero attached hydrogens (tertiary/aromatic N) is 4. The molecule has 0 amide bonds. The van der Waals surface area contributed by atoms with Crippen molar-refractivity contribution in [2.75, 3.05) is 32.6 Å². The third-order valence-corrected chi connectivity index (χ3v) is 7.33. The van der Waals surface area contributed by atoms with Crippen molar-refractivity contribution < 1.29 is 9.13 Å². The van der Waals surface area contributed by atoms with Crippen molar-refractivity contribution in [3.05, 3.63) is 70.2 Å². The first-order valence-corrected chi connectivity index (χ1v) is 12.8. The Balaban J connectivity index is 1.40. The third kappa shape index (κ3) is 4.53. The third-order valence-electron chi connectivity index (χ3n) is 7.33. The fraction of sp³-hybridized carbons (Fsp3) is 0.393. The van der Waals surface area contributed by atoms with Gasteiger partial charge in [0.15, 0.2) is 0 Å². The van der Waals surface area contributed by atoms with Crippen molar-refractivity contribution in [1.29, 1.82) is 0 Å². The van der Waals surface area contributed by atoms with E-state index in [2.05, 4.69) is 30.8 Å². The van der Waals surface area contributed by atoms with Crippen molar-refractivity contribution in [2.45, 2.75) is 44.4 Å². The van der Waals surface area contributed by atoms with Crippen LogP contribution in [0.5, 0.6) is 0 Å². The van der Waals surface area contributed by atoms with Gasteiger partial charge >= 0.3 is 0 Å². The van der Waals surface area contributed by atoms with Gasteiger partial charge < -0.3 is 24.5 Å². The number of hydrogen-bond donors (Lipinski definition) is 2. The number of nitrogens with one attached hydrogen (secondary N) is 2. The zero-order valence-electron chi connectivity index (χ0n) is 21.1. The lowest BCUT2D eigenvalue weighted by Gasteiger charge is -2.20. The lowest BCUT2D eigenvalue weighted by atomic mass is 9.96. The molecule has 0 saturated carbocycles. The van der Waals surface area contributed by atoms with E-state index in [-0.39, 0.29) is 5.56 Å². The highest BCUT2D eigenvalue weighted by atomic mass is 19.1. The summed E-state index contributed by atoms with van der Waals surface area (Å²) in [4.78, 5) is 27.4. The molecule has 1 fully saturated rings. The standard InChI is InChI=1S/C28H31FN6O2/c1-34(2)15-23-19(17-9-12-37-16-17)4-6-25(33-23)32-22-5-3-20(21-7-10-30-28(36)27(21)22)24-14-31-26-13-18(29)8-11-35(24)26/h3-7,10,14,17-18H,8-9,11-13,15-16H2,1-2H3,(H,30,36)(H,32,33)/t17-,18?/m0/s1. The molecule has 9 heteroatoms. The number of rotatable bonds is 6. The number of imidazole rings is 1. The molecule has 3 aromatic heterocycles. The number of pyridine rings is 2. The second-order valence-corrected chi connectivity index (χ2v) is 10.2. The van der Waals surface area contributed by atoms with Crippen LogP contribution in [0.1, 0.15) is 35.8 Å². The normalized spacial score (nSPS) is 19.5. The zero-order valence-corrected chi connectivity index (χ0v) is 21.1. The van der Waals surface area contributed by atoms with Gasteiger partial charge in [0.2, 0.25) is 0 Å². The molecular weight excluding hydrogens is 471 g/mol. The van der Waals surface area contributed by atoms with Crippen LogP contribution in [-0.2, 0) is 24.2 Å². The Morgan fingerprint density at radius 1 is 1.22 bits per heavy atom. The maximum atomic E-state index is 13.9. The van der Waals surface area contributed by atoms with Crippen molar-refractivity contribution in [3.8, 4) is 11.3 Å². The highest BCUT2D eigenvalue weighted by molar-refractivity contribution is 6.03. The van der Waals surface area contributed by atoms with E-state index in [0.29, 0.717) is 48.7 Å². The maximum absolute atomic E-state index is 13.9. The molecule has 0 aliphatic carbocycles. The monoisotopic (exact) mass is 502 g/mol. The molecule has 6 rings (SSSR count). The highest BCUT2D eigenvalue weighted by Crippen LogP contribution is 2.35. The summed E-state index contributed by atoms with van der Waals surface area (Å²) in [6, 6.07) is 9.93. The number of ether oxygens (including phenoxy) is 1. The molecule has 1 saturated heterocycles. The first-order valence-electron chi connectivity index (χ1n) is 12.8. The van der Waals surface area contributed by atoms with Gasteiger partial charge in [-0.2, -0.15) is 0 Å². The summed E-state index contributed by atoms with van der Waals surface area (Å²) < 4.78 is 21.6. The summed E-state index contributed by atoms with van der Waals surface area (Å²) in [6.45, 7) is 2.80. The molecule has 2 N–H and O–H groups in total. The first kappa shape index (κ1) is 23.8. The van der Waals surface area contributed by atoms with Gasteiger partial charge in [-0.15, -0.1) is 0 Å². The summed E-state index contributed by atoms with van der Waals surface area (Å²) in [5, 5.41) is 4.77. The summed E-state index contributed by atoms with van der Waals surface area (Å²) >= 11 is 0. The van der Waals surface area contributed by atoms with Crippen molar-refractivity contribution in [2.24, 2.45) is 0 Å². The van der Waals surface area contributed by atoms with Crippen LogP contribution in [0.3, 0.4) is 0 Å². The lowest BCUT2D eigenvalue weighted by Crippen LogP contribution is -2.20. The Hall–Kier alpha value is -3.56. The number of halogens is 1. The Bertz CT molecular complexity index is 1500. The van der Waals surface area contributed by atoms with Crippen LogP contribution in [0.15, 0.2) is 47.5 Å². The molecule has 5 heterocycles. The number of aromatic nitrogens is 4. The molecule has 0 spiro atoms. The molecule has 2 aliphatic rings. The Labute approximate surface area is 214 Å². The van der Waals surface area contributed by atoms with E-state index in [4.69, 9.17) is 9.72 Å². The smallest absolute Gasteiger partial charge is 0.257 e. The lowest BCUT2D eigenvalue weighted by molar-refractivity contribution is 0.193. The number of fused-ring (bicyclic) bond motifs is 2. The summed E-state index contributed by atoms with van der Waals surface area (Å²) in [6.07, 6.45) is 4.39. The average Bonchev–Trinajstić information content (AvgIpc) is 3.54. The van der Waals surface area contributed by atoms with Gasteiger partial charge in [0.05, 0.1) is 35.3 Å². The van der Waals surface area contributed by atoms with Gasteiger partial charge in [0, 0.05) is 49.2 Å². The second kappa shape index (κ2) is 9.72. The molecule has 37 heavy (non-hydrogen) atoms. The van der Waals surface area contributed by atoms with E-state index < -0.39 is 6.17 Å². The van der Waals surface area contributed by atoms with Crippen LogP contribution in [0, 0.1) is 0 Å². The van der Waals surface area contributed by atoms with Crippen LogP contribution in [0.2, 0.25) is 0 Å². The van der Waals surface area contributed by atoms with E-state index in [1.165, 1.54) is 5.56 Å². The molecule has 1 aromatic carbocycles. The van der Waals surface area contributed by atoms with E-state index >= 15 is 0 Å². The minimum atomic E-state index is -0.855. The van der Waals surface area contributed by atoms with Crippen LogP contribution in [0.4, 0.5) is 15.9 Å². The highest BCUT2D eigenvalue weighted by Gasteiger charge is 2.24. The average molecular weight is 503 g/mol. The fourth-order valence-corrected chi connectivity index (χ4v) is 5.55. The van der Waals surface area contributed by atoms with Crippen LogP contribution < -0.4 is 10.9 Å². The van der Waals surface area contributed by atoms with Crippen LogP contribution in [-0.4, -0.2) is 57.9 Å². The van der Waals surface area contributed by atoms with Crippen molar-refractivity contribution >= 4 is 22.3 Å². The second-order valence-electron chi connectivity index (χ2n) is 10.2. The van der Waals surface area contributed by atoms with E-state index in [0.717, 1.165) is 47.8 Å². The van der Waals surface area contributed by atoms with Gasteiger partial charge in [-0.3, -0.25) is 4.79 Å². The van der Waals surface area contributed by atoms with E-state index in [1.54, 1.807) is 12.4 Å². The first-order chi connectivity index (χ1) is 18.0. The number of anilines is 2. The van der Waals surface area contributed by atoms with Gasteiger partial charge in [0.1, 0.15) is 17.8 Å². The maximum Gasteiger partial charge on any atom is 0.257 e. The van der Waals surface area contributed by atoms with Crippen molar-refractivity contribution in [3.63, 3.8) is 0 Å². The predicted molar refractivity (Wildman–Crippen MR) is 142 cm³/mol. The van der Waals surface area contributed by atoms with Crippen LogP contribution in [0.25, 0.3) is 22.0 Å². The number of alkyl halides is 1. The molecule has 8 nitrogen and oxygen atoms in total. The molecular formula is C28H31FN6O2. The summed E-state index contributed by atoms with van der Waals surface area (Å²) in [5.41, 5.74) is 4.53. The Morgan fingerprint density at radius 3 is 2.92 bits per heavy atom. The van der Waals surface area contributed by atoms with Crippen molar-refractivity contribution in [1.82, 2.24) is 24.4 Å². The largest absolute Gasteiger partial charge is 0.381 e. The topological polar surface area (TPSA) is 88.1 Å². The van der Waals surface area contributed by atoms with Gasteiger partial charge in [-0.05, 0) is 50.7 Å². The number of benzene rings is 1. The summed E-state index contributed by atoms with van der Waals surface area (Å²) in [7, 11) is 4.07. The summed E-state index contributed by atoms with van der Waals surface area (Å²) in [5.74, 6) is 1.79. The van der Waals surface area contributed by atoms with E-state index in [1.807, 2.05) is 38.4 Å². The SMILES string of the molecule is CN(C)Cc1nc(Nc2ccc(-c3cnc4n3CCC(F)C4)c3cc[nH]c(=O)c23)ccc1[C@H]1CCOC1. The molecule has 1 unspecified atom stereocenters. The Morgan fingerprint density at radius 2 is 2.11 bits per heavy atom. The molecule has 192 valence electrons. The van der Waals surface area contributed by atoms with Gasteiger partial charge in [-0.25, -0.2) is 14.4 Å². The quantitative estimate of drug-likeness (QED) is 0.407. The number of hydrogen-bond acceptors (Lipinski definition) is 6. The molecule has 2 atom stereocenters. The minimum absolute atomic E-state index is 0.183. The molecule has 4 aromatic rings. The van der Waals surface area contributed by atoms with E-state index in [9.17, 15) is 9.18 Å². The van der Waals surface area contributed by atoms with Crippen LogP contribution >= 0.6 is 0 Å². The predicted octanol–water partition coefficient (Wildman–Crippen LogP) is 4.38. The Kier molecular flexibility index (Phi) is 6.26. The number of H-pyrrole nitrogens is 1. The minimum Gasteiger partial charge on any atom is -0.381 e. The van der Waals surface area contributed by atoms with Gasteiger partial charge in [0.25, 0.3) is 5.56 Å². The fourth-order valence-electron chi connectivity index (χ4n) is 5.55. The zero-order chi connectivity index (χ0) is 25.5.